The molecular weight excluding hydrogens is 262 g/mol. The molecule has 0 aliphatic heterocycles. The fourth-order valence-corrected chi connectivity index (χ4v) is 2.26. The fraction of sp³-hybridized carbons (Fsp3) is 0.0714. The Hall–Kier alpha value is -2.20. The zero-order valence-corrected chi connectivity index (χ0v) is 11.1. The predicted molar refractivity (Wildman–Crippen MR) is 76.6 cm³/mol. The number of imidazole rings is 1. The molecular formula is C14H12ClN3O. The minimum atomic E-state index is 0.456. The van der Waals surface area contributed by atoms with Crippen molar-refractivity contribution in [2.24, 2.45) is 0 Å². The Kier molecular flexibility index (Phi) is 2.80. The van der Waals surface area contributed by atoms with E-state index in [0.717, 1.165) is 22.7 Å². The van der Waals surface area contributed by atoms with E-state index < -0.39 is 0 Å². The summed E-state index contributed by atoms with van der Waals surface area (Å²) in [5, 5.41) is 0.456. The molecule has 0 unspecified atom stereocenters. The van der Waals surface area contributed by atoms with Crippen LogP contribution in [0, 0.1) is 0 Å². The molecule has 3 rings (SSSR count). The Morgan fingerprint density at radius 3 is 2.89 bits per heavy atom. The van der Waals surface area contributed by atoms with E-state index in [-0.39, 0.29) is 0 Å². The maximum Gasteiger partial charge on any atom is 0.155 e. The van der Waals surface area contributed by atoms with Gasteiger partial charge in [0.05, 0.1) is 12.6 Å². The number of hydrogen-bond acceptors (Lipinski definition) is 3. The van der Waals surface area contributed by atoms with Crippen molar-refractivity contribution in [3.63, 3.8) is 0 Å². The van der Waals surface area contributed by atoms with Gasteiger partial charge >= 0.3 is 0 Å². The monoisotopic (exact) mass is 273 g/mol. The smallest absolute Gasteiger partial charge is 0.155 e. The first-order valence-electron chi connectivity index (χ1n) is 5.76. The molecule has 0 saturated carbocycles. The third-order valence-electron chi connectivity index (χ3n) is 2.94. The number of anilines is 1. The fourth-order valence-electron chi connectivity index (χ4n) is 2.03. The minimum absolute atomic E-state index is 0.456. The lowest BCUT2D eigenvalue weighted by Gasteiger charge is -2.04. The van der Waals surface area contributed by atoms with Gasteiger partial charge in [0, 0.05) is 17.4 Å². The summed E-state index contributed by atoms with van der Waals surface area (Å²) < 4.78 is 7.11. The molecule has 2 heterocycles. The number of fused-ring (bicyclic) bond motifs is 1. The van der Waals surface area contributed by atoms with E-state index in [9.17, 15) is 0 Å². The molecule has 4 nitrogen and oxygen atoms in total. The van der Waals surface area contributed by atoms with Crippen molar-refractivity contribution in [3.05, 3.63) is 47.7 Å². The number of aromatic nitrogens is 2. The molecule has 0 spiro atoms. The van der Waals surface area contributed by atoms with Crippen LogP contribution in [-0.2, 0) is 0 Å². The van der Waals surface area contributed by atoms with E-state index in [1.165, 1.54) is 0 Å². The van der Waals surface area contributed by atoms with Gasteiger partial charge in [-0.2, -0.15) is 0 Å². The molecule has 3 aromatic rings. The SMILES string of the molecule is COc1cccc(-c2nc(Cl)c3ccc(N)cn23)c1. The molecule has 5 heteroatoms. The van der Waals surface area contributed by atoms with Crippen LogP contribution in [-0.4, -0.2) is 16.5 Å². The van der Waals surface area contributed by atoms with E-state index in [2.05, 4.69) is 4.98 Å². The first kappa shape index (κ1) is 11.9. The average Bonchev–Trinajstić information content (AvgIpc) is 2.75. The molecule has 0 aliphatic carbocycles. The lowest BCUT2D eigenvalue weighted by Crippen LogP contribution is -1.93. The van der Waals surface area contributed by atoms with Crippen molar-refractivity contribution < 1.29 is 4.74 Å². The highest BCUT2D eigenvalue weighted by molar-refractivity contribution is 6.32. The van der Waals surface area contributed by atoms with Crippen LogP contribution in [0.2, 0.25) is 5.15 Å². The Morgan fingerprint density at radius 1 is 1.26 bits per heavy atom. The number of nitrogens with zero attached hydrogens (tertiary/aromatic N) is 2. The molecule has 96 valence electrons. The van der Waals surface area contributed by atoms with E-state index in [1.807, 2.05) is 40.9 Å². The van der Waals surface area contributed by atoms with Crippen LogP contribution in [0.4, 0.5) is 5.69 Å². The van der Waals surface area contributed by atoms with Gasteiger partial charge in [0.1, 0.15) is 11.6 Å². The van der Waals surface area contributed by atoms with Gasteiger partial charge in [-0.3, -0.25) is 4.40 Å². The third kappa shape index (κ3) is 2.00. The summed E-state index contributed by atoms with van der Waals surface area (Å²) in [5.41, 5.74) is 8.23. The normalized spacial score (nSPS) is 10.8. The Morgan fingerprint density at radius 2 is 2.11 bits per heavy atom. The summed E-state index contributed by atoms with van der Waals surface area (Å²) >= 11 is 6.15. The summed E-state index contributed by atoms with van der Waals surface area (Å²) in [6.45, 7) is 0. The van der Waals surface area contributed by atoms with Crippen molar-refractivity contribution >= 4 is 22.8 Å². The number of ether oxygens (including phenoxy) is 1. The summed E-state index contributed by atoms with van der Waals surface area (Å²) in [6.07, 6.45) is 1.81. The molecule has 0 radical (unpaired) electrons. The van der Waals surface area contributed by atoms with Gasteiger partial charge in [0.2, 0.25) is 0 Å². The van der Waals surface area contributed by atoms with Crippen molar-refractivity contribution in [1.29, 1.82) is 0 Å². The van der Waals surface area contributed by atoms with Crippen LogP contribution in [0.3, 0.4) is 0 Å². The molecule has 0 bridgehead atoms. The van der Waals surface area contributed by atoms with Crippen LogP contribution in [0.25, 0.3) is 16.9 Å². The number of benzene rings is 1. The standard InChI is InChI=1S/C14H12ClN3O/c1-19-11-4-2-3-9(7-11)14-17-13(15)12-6-5-10(16)8-18(12)14/h2-8H,16H2,1H3. The predicted octanol–water partition coefficient (Wildman–Crippen LogP) is 3.25. The quantitative estimate of drug-likeness (QED) is 0.780. The summed E-state index contributed by atoms with van der Waals surface area (Å²) in [4.78, 5) is 4.39. The average molecular weight is 274 g/mol. The van der Waals surface area contributed by atoms with E-state index in [4.69, 9.17) is 22.1 Å². The molecule has 1 aromatic carbocycles. The highest BCUT2D eigenvalue weighted by atomic mass is 35.5. The number of hydrogen-bond donors (Lipinski definition) is 1. The second kappa shape index (κ2) is 4.48. The first-order chi connectivity index (χ1) is 9.19. The van der Waals surface area contributed by atoms with Gasteiger partial charge in [0.15, 0.2) is 5.15 Å². The maximum absolute atomic E-state index is 6.15. The molecule has 2 aromatic heterocycles. The largest absolute Gasteiger partial charge is 0.497 e. The van der Waals surface area contributed by atoms with Gasteiger partial charge in [-0.05, 0) is 24.3 Å². The highest BCUT2D eigenvalue weighted by Crippen LogP contribution is 2.28. The second-order valence-electron chi connectivity index (χ2n) is 4.18. The summed E-state index contributed by atoms with van der Waals surface area (Å²) in [5.74, 6) is 1.51. The van der Waals surface area contributed by atoms with Crippen LogP contribution in [0.1, 0.15) is 0 Å². The van der Waals surface area contributed by atoms with Crippen molar-refractivity contribution in [2.45, 2.75) is 0 Å². The summed E-state index contributed by atoms with van der Waals surface area (Å²) in [6, 6.07) is 11.3. The number of halogens is 1. The topological polar surface area (TPSA) is 52.5 Å². The minimum Gasteiger partial charge on any atom is -0.497 e. The van der Waals surface area contributed by atoms with Gasteiger partial charge in [-0.25, -0.2) is 4.98 Å². The van der Waals surface area contributed by atoms with Gasteiger partial charge < -0.3 is 10.5 Å². The molecule has 0 atom stereocenters. The molecule has 2 N–H and O–H groups in total. The van der Waals surface area contributed by atoms with Crippen LogP contribution >= 0.6 is 11.6 Å². The number of nitrogens with two attached hydrogens (primary N) is 1. The van der Waals surface area contributed by atoms with Crippen molar-refractivity contribution in [1.82, 2.24) is 9.38 Å². The summed E-state index contributed by atoms with van der Waals surface area (Å²) in [7, 11) is 1.63. The van der Waals surface area contributed by atoms with E-state index >= 15 is 0 Å². The third-order valence-corrected chi connectivity index (χ3v) is 3.22. The van der Waals surface area contributed by atoms with Crippen LogP contribution in [0.15, 0.2) is 42.6 Å². The number of nitrogen functional groups attached to an aromatic ring is 1. The van der Waals surface area contributed by atoms with E-state index in [1.54, 1.807) is 13.2 Å². The van der Waals surface area contributed by atoms with E-state index in [0.29, 0.717) is 10.8 Å². The number of pyridine rings is 1. The second-order valence-corrected chi connectivity index (χ2v) is 4.53. The molecule has 0 saturated heterocycles. The Labute approximate surface area is 115 Å². The first-order valence-corrected chi connectivity index (χ1v) is 6.14. The molecule has 0 aliphatic rings. The lowest BCUT2D eigenvalue weighted by atomic mass is 10.2. The van der Waals surface area contributed by atoms with Gasteiger partial charge in [-0.1, -0.05) is 23.7 Å². The van der Waals surface area contributed by atoms with Crippen LogP contribution in [0.5, 0.6) is 5.75 Å². The van der Waals surface area contributed by atoms with Crippen LogP contribution < -0.4 is 10.5 Å². The zero-order valence-electron chi connectivity index (χ0n) is 10.3. The maximum atomic E-state index is 6.15. The number of methoxy groups -OCH3 is 1. The molecule has 19 heavy (non-hydrogen) atoms. The lowest BCUT2D eigenvalue weighted by molar-refractivity contribution is 0.415. The van der Waals surface area contributed by atoms with Gasteiger partial charge in [0.25, 0.3) is 0 Å². The highest BCUT2D eigenvalue weighted by Gasteiger charge is 2.11. The van der Waals surface area contributed by atoms with Crippen molar-refractivity contribution in [2.75, 3.05) is 12.8 Å². The molecule has 0 amide bonds. The Bertz CT molecular complexity index is 752. The van der Waals surface area contributed by atoms with Crippen molar-refractivity contribution in [3.8, 4) is 17.1 Å². The van der Waals surface area contributed by atoms with Gasteiger partial charge in [-0.15, -0.1) is 0 Å². The molecule has 0 fully saturated rings. The zero-order chi connectivity index (χ0) is 13.4. The number of rotatable bonds is 2. The Balaban J connectivity index is 2.26.